The summed E-state index contributed by atoms with van der Waals surface area (Å²) < 4.78 is 20.9. The van der Waals surface area contributed by atoms with Gasteiger partial charge in [0.2, 0.25) is 0 Å². The van der Waals surface area contributed by atoms with Gasteiger partial charge >= 0.3 is 11.9 Å². The van der Waals surface area contributed by atoms with Crippen LogP contribution in [0.2, 0.25) is 0 Å². The van der Waals surface area contributed by atoms with Crippen molar-refractivity contribution < 1.29 is 28.5 Å². The number of esters is 2. The van der Waals surface area contributed by atoms with Gasteiger partial charge in [-0.25, -0.2) is 14.6 Å². The molecule has 36 heavy (non-hydrogen) atoms. The number of methoxy groups -OCH3 is 2. The minimum Gasteiger partial charge on any atom is -0.493 e. The lowest BCUT2D eigenvalue weighted by Crippen LogP contribution is -2.09. The second-order valence-corrected chi connectivity index (χ2v) is 9.00. The lowest BCUT2D eigenvalue weighted by atomic mass is 10.1. The molecule has 188 valence electrons. The number of hydrogen-bond donors (Lipinski definition) is 1. The van der Waals surface area contributed by atoms with E-state index < -0.39 is 11.9 Å². The van der Waals surface area contributed by atoms with Crippen LogP contribution in [0.15, 0.2) is 29.8 Å². The summed E-state index contributed by atoms with van der Waals surface area (Å²) in [6.45, 7) is 5.45. The van der Waals surface area contributed by atoms with Crippen LogP contribution in [0.4, 0.5) is 5.00 Å². The highest BCUT2D eigenvalue weighted by Gasteiger charge is 2.26. The van der Waals surface area contributed by atoms with Crippen molar-refractivity contribution in [2.24, 2.45) is 0 Å². The van der Waals surface area contributed by atoms with Crippen molar-refractivity contribution in [1.82, 2.24) is 4.98 Å². The second-order valence-electron chi connectivity index (χ2n) is 7.12. The molecular formula is C25H25N3O6S2. The van der Waals surface area contributed by atoms with Crippen LogP contribution in [0.5, 0.6) is 11.5 Å². The van der Waals surface area contributed by atoms with Gasteiger partial charge in [-0.1, -0.05) is 0 Å². The molecule has 0 radical (unpaired) electrons. The Bertz CT molecular complexity index is 1340. The highest BCUT2D eigenvalue weighted by atomic mass is 32.1. The topological polar surface area (TPSA) is 120 Å². The Labute approximate surface area is 216 Å². The molecule has 0 spiro atoms. The molecule has 0 aliphatic carbocycles. The number of allylic oxidation sites excluding steroid dienone is 1. The molecule has 1 aromatic carbocycles. The summed E-state index contributed by atoms with van der Waals surface area (Å²) in [5.74, 6) is 0.0762. The number of carbonyl (C=O) groups is 2. The summed E-state index contributed by atoms with van der Waals surface area (Å²) in [7, 11) is 3.12. The highest BCUT2D eigenvalue weighted by molar-refractivity contribution is 7.18. The van der Waals surface area contributed by atoms with Crippen molar-refractivity contribution in [3.8, 4) is 28.8 Å². The van der Waals surface area contributed by atoms with Gasteiger partial charge in [-0.2, -0.15) is 5.26 Å². The Balaban J connectivity index is 1.93. The average molecular weight is 528 g/mol. The maximum absolute atomic E-state index is 12.6. The zero-order chi connectivity index (χ0) is 26.2. The van der Waals surface area contributed by atoms with E-state index in [4.69, 9.17) is 18.9 Å². The first-order valence-corrected chi connectivity index (χ1v) is 12.6. The summed E-state index contributed by atoms with van der Waals surface area (Å²) in [5.41, 5.74) is 2.41. The predicted molar refractivity (Wildman–Crippen MR) is 139 cm³/mol. The smallest absolute Gasteiger partial charge is 0.348 e. The number of nitriles is 1. The fourth-order valence-electron chi connectivity index (χ4n) is 3.26. The van der Waals surface area contributed by atoms with Crippen LogP contribution < -0.4 is 14.8 Å². The standard InChI is InChI=1S/C25H25N3O6S2/c1-6-33-24(29)20-14(3)21(25(30)34-7-2)36-23(20)27-12-16(11-26)22-28-17(13-35-22)15-8-9-18(31-4)19(10-15)32-5/h8-10,12-13,27H,6-7H2,1-5H3. The first-order chi connectivity index (χ1) is 17.4. The van der Waals surface area contributed by atoms with Gasteiger partial charge in [0, 0.05) is 17.1 Å². The maximum Gasteiger partial charge on any atom is 0.348 e. The Morgan fingerprint density at radius 1 is 1.11 bits per heavy atom. The monoisotopic (exact) mass is 527 g/mol. The van der Waals surface area contributed by atoms with Crippen LogP contribution in [0.3, 0.4) is 0 Å². The third-order valence-electron chi connectivity index (χ3n) is 4.97. The number of anilines is 1. The van der Waals surface area contributed by atoms with E-state index in [1.165, 1.54) is 17.5 Å². The zero-order valence-electron chi connectivity index (χ0n) is 20.5. The summed E-state index contributed by atoms with van der Waals surface area (Å²) >= 11 is 2.36. The van der Waals surface area contributed by atoms with Crippen LogP contribution >= 0.6 is 22.7 Å². The molecule has 0 aliphatic heterocycles. The van der Waals surface area contributed by atoms with Crippen molar-refractivity contribution in [2.75, 3.05) is 32.8 Å². The third kappa shape index (κ3) is 5.67. The molecule has 0 saturated heterocycles. The minimum atomic E-state index is -0.568. The number of thiophene rings is 1. The Kier molecular flexibility index (Phi) is 9.05. The van der Waals surface area contributed by atoms with Gasteiger partial charge in [0.25, 0.3) is 0 Å². The number of nitrogens with one attached hydrogen (secondary N) is 1. The third-order valence-corrected chi connectivity index (χ3v) is 7.05. The Morgan fingerprint density at radius 2 is 1.81 bits per heavy atom. The molecule has 11 heteroatoms. The van der Waals surface area contributed by atoms with Gasteiger partial charge in [0.15, 0.2) is 11.5 Å². The van der Waals surface area contributed by atoms with E-state index in [0.29, 0.717) is 37.6 Å². The van der Waals surface area contributed by atoms with E-state index in [1.807, 2.05) is 17.5 Å². The number of carbonyl (C=O) groups excluding carboxylic acids is 2. The van der Waals surface area contributed by atoms with E-state index >= 15 is 0 Å². The molecule has 0 fully saturated rings. The SMILES string of the molecule is CCOC(=O)c1sc(NC=C(C#N)c2nc(-c3ccc(OC)c(OC)c3)cs2)c(C(=O)OCC)c1C. The molecule has 0 amide bonds. The summed E-state index contributed by atoms with van der Waals surface area (Å²) in [5, 5.41) is 15.5. The average Bonchev–Trinajstić information content (AvgIpc) is 3.49. The molecule has 0 atom stereocenters. The van der Waals surface area contributed by atoms with Gasteiger partial charge < -0.3 is 24.3 Å². The molecule has 9 nitrogen and oxygen atoms in total. The van der Waals surface area contributed by atoms with Crippen molar-refractivity contribution in [2.45, 2.75) is 20.8 Å². The van der Waals surface area contributed by atoms with Gasteiger partial charge in [0.1, 0.15) is 26.5 Å². The van der Waals surface area contributed by atoms with Crippen molar-refractivity contribution >= 4 is 45.2 Å². The van der Waals surface area contributed by atoms with Gasteiger partial charge in [-0.15, -0.1) is 22.7 Å². The van der Waals surface area contributed by atoms with E-state index in [-0.39, 0.29) is 24.4 Å². The molecular weight excluding hydrogens is 502 g/mol. The van der Waals surface area contributed by atoms with Crippen molar-refractivity contribution in [1.29, 1.82) is 5.26 Å². The maximum atomic E-state index is 12.6. The fourth-order valence-corrected chi connectivity index (χ4v) is 5.11. The number of nitrogens with zero attached hydrogens (tertiary/aromatic N) is 2. The number of thiazole rings is 1. The van der Waals surface area contributed by atoms with E-state index in [2.05, 4.69) is 16.4 Å². The van der Waals surface area contributed by atoms with Crippen molar-refractivity contribution in [3.63, 3.8) is 0 Å². The lowest BCUT2D eigenvalue weighted by Gasteiger charge is -2.08. The van der Waals surface area contributed by atoms with Crippen LogP contribution in [0.25, 0.3) is 16.8 Å². The molecule has 0 bridgehead atoms. The minimum absolute atomic E-state index is 0.180. The summed E-state index contributed by atoms with van der Waals surface area (Å²) in [6, 6.07) is 7.58. The number of hydrogen-bond acceptors (Lipinski definition) is 11. The number of aromatic nitrogens is 1. The van der Waals surface area contributed by atoms with E-state index in [9.17, 15) is 14.9 Å². The molecule has 3 rings (SSSR count). The normalized spacial score (nSPS) is 10.9. The molecule has 0 saturated carbocycles. The fraction of sp³-hybridized carbons (Fsp3) is 0.280. The largest absolute Gasteiger partial charge is 0.493 e. The summed E-state index contributed by atoms with van der Waals surface area (Å²) in [6.07, 6.45) is 1.46. The van der Waals surface area contributed by atoms with Crippen LogP contribution in [0.1, 0.15) is 44.4 Å². The highest BCUT2D eigenvalue weighted by Crippen LogP contribution is 2.36. The predicted octanol–water partition coefficient (Wildman–Crippen LogP) is 5.53. The number of rotatable bonds is 10. The first-order valence-electron chi connectivity index (χ1n) is 10.9. The van der Waals surface area contributed by atoms with E-state index in [0.717, 1.165) is 16.9 Å². The van der Waals surface area contributed by atoms with Crippen LogP contribution in [-0.4, -0.2) is 44.4 Å². The van der Waals surface area contributed by atoms with Gasteiger partial charge in [0.05, 0.1) is 38.7 Å². The van der Waals surface area contributed by atoms with Crippen molar-refractivity contribution in [3.05, 3.63) is 50.8 Å². The molecule has 2 heterocycles. The Morgan fingerprint density at radius 3 is 2.44 bits per heavy atom. The molecule has 2 aromatic heterocycles. The van der Waals surface area contributed by atoms with Crippen LogP contribution in [-0.2, 0) is 9.47 Å². The summed E-state index contributed by atoms with van der Waals surface area (Å²) in [4.78, 5) is 29.8. The molecule has 1 N–H and O–H groups in total. The number of ether oxygens (including phenoxy) is 4. The zero-order valence-corrected chi connectivity index (χ0v) is 22.1. The molecule has 0 aliphatic rings. The van der Waals surface area contributed by atoms with Gasteiger partial charge in [-0.3, -0.25) is 0 Å². The van der Waals surface area contributed by atoms with E-state index in [1.54, 1.807) is 41.1 Å². The molecule has 0 unspecified atom stereocenters. The Hall–Kier alpha value is -3.88. The number of benzene rings is 1. The lowest BCUT2D eigenvalue weighted by molar-refractivity contribution is 0.0527. The van der Waals surface area contributed by atoms with Crippen LogP contribution in [0, 0.1) is 18.3 Å². The molecule has 3 aromatic rings. The second kappa shape index (κ2) is 12.2. The first kappa shape index (κ1) is 26.7. The quantitative estimate of drug-likeness (QED) is 0.268. The van der Waals surface area contributed by atoms with Gasteiger partial charge in [-0.05, 0) is 44.5 Å².